The van der Waals surface area contributed by atoms with Crippen LogP contribution in [0.25, 0.3) is 0 Å². The zero-order valence-corrected chi connectivity index (χ0v) is 18.3. The van der Waals surface area contributed by atoms with Crippen molar-refractivity contribution in [3.63, 3.8) is 0 Å². The molecule has 0 atom stereocenters. The van der Waals surface area contributed by atoms with Gasteiger partial charge in [-0.1, -0.05) is 24.9 Å². The normalized spacial score (nSPS) is 10.7. The van der Waals surface area contributed by atoms with E-state index in [1.54, 1.807) is 72.8 Å². The van der Waals surface area contributed by atoms with Crippen molar-refractivity contribution in [1.29, 1.82) is 0 Å². The van der Waals surface area contributed by atoms with Gasteiger partial charge in [0.15, 0.2) is 0 Å². The van der Waals surface area contributed by atoms with Crippen molar-refractivity contribution in [1.82, 2.24) is 5.43 Å². The fourth-order valence-electron chi connectivity index (χ4n) is 2.64. The quantitative estimate of drug-likeness (QED) is 0.153. The molecule has 0 bridgehead atoms. The lowest BCUT2D eigenvalue weighted by Gasteiger charge is -2.07. The summed E-state index contributed by atoms with van der Waals surface area (Å²) < 4.78 is 11.0. The van der Waals surface area contributed by atoms with E-state index in [1.807, 2.05) is 0 Å². The van der Waals surface area contributed by atoms with E-state index in [0.717, 1.165) is 24.2 Å². The number of hydrogen-bond acceptors (Lipinski definition) is 5. The Hall–Kier alpha value is -3.64. The molecule has 3 aromatic carbocycles. The first-order valence-electron chi connectivity index (χ1n) is 10.2. The second-order valence-corrected chi connectivity index (χ2v) is 7.33. The van der Waals surface area contributed by atoms with Gasteiger partial charge < -0.3 is 9.47 Å². The summed E-state index contributed by atoms with van der Waals surface area (Å²) >= 11 is 5.81. The molecule has 1 amide bonds. The third kappa shape index (κ3) is 6.96. The van der Waals surface area contributed by atoms with Gasteiger partial charge in [0.25, 0.3) is 5.91 Å². The predicted molar refractivity (Wildman–Crippen MR) is 125 cm³/mol. The summed E-state index contributed by atoms with van der Waals surface area (Å²) in [6.45, 7) is 2.75. The smallest absolute Gasteiger partial charge is 0.343 e. The average Bonchev–Trinajstić information content (AvgIpc) is 2.81. The summed E-state index contributed by atoms with van der Waals surface area (Å²) in [5.41, 5.74) is 4.07. The van der Waals surface area contributed by atoms with E-state index < -0.39 is 5.97 Å². The van der Waals surface area contributed by atoms with Gasteiger partial charge in [-0.05, 0) is 84.8 Å². The van der Waals surface area contributed by atoms with E-state index in [0.29, 0.717) is 28.5 Å². The van der Waals surface area contributed by atoms with Gasteiger partial charge >= 0.3 is 5.97 Å². The summed E-state index contributed by atoms with van der Waals surface area (Å²) in [7, 11) is 0. The minimum Gasteiger partial charge on any atom is -0.494 e. The summed E-state index contributed by atoms with van der Waals surface area (Å²) in [4.78, 5) is 24.3. The van der Waals surface area contributed by atoms with Gasteiger partial charge in [-0.3, -0.25) is 4.79 Å². The van der Waals surface area contributed by atoms with Crippen LogP contribution in [0.4, 0.5) is 0 Å². The largest absolute Gasteiger partial charge is 0.494 e. The van der Waals surface area contributed by atoms with Gasteiger partial charge in [-0.25, -0.2) is 10.2 Å². The van der Waals surface area contributed by atoms with Crippen molar-refractivity contribution in [2.75, 3.05) is 6.61 Å². The molecule has 0 saturated heterocycles. The highest BCUT2D eigenvalue weighted by Crippen LogP contribution is 2.17. The van der Waals surface area contributed by atoms with Crippen molar-refractivity contribution < 1.29 is 19.1 Å². The van der Waals surface area contributed by atoms with Crippen LogP contribution >= 0.6 is 11.6 Å². The molecule has 0 spiro atoms. The minimum atomic E-state index is -0.457. The maximum absolute atomic E-state index is 12.3. The molecule has 0 aliphatic carbocycles. The van der Waals surface area contributed by atoms with Gasteiger partial charge in [-0.2, -0.15) is 5.10 Å². The van der Waals surface area contributed by atoms with Crippen LogP contribution in [-0.4, -0.2) is 24.7 Å². The number of rotatable bonds is 9. The van der Waals surface area contributed by atoms with E-state index in [-0.39, 0.29) is 5.91 Å². The number of benzene rings is 3. The number of nitrogens with one attached hydrogen (secondary N) is 1. The van der Waals surface area contributed by atoms with Gasteiger partial charge in [0.05, 0.1) is 18.4 Å². The van der Waals surface area contributed by atoms with E-state index >= 15 is 0 Å². The van der Waals surface area contributed by atoms with Crippen molar-refractivity contribution in [3.05, 3.63) is 94.5 Å². The lowest BCUT2D eigenvalue weighted by atomic mass is 10.2. The van der Waals surface area contributed by atoms with Crippen molar-refractivity contribution in [2.45, 2.75) is 19.8 Å². The van der Waals surface area contributed by atoms with E-state index in [4.69, 9.17) is 21.1 Å². The molecule has 32 heavy (non-hydrogen) atoms. The first-order chi connectivity index (χ1) is 15.5. The SMILES string of the molecule is CCCCOc1ccc(C(=O)Oc2ccc(/C=N/NC(=O)c3ccc(Cl)cc3)cc2)cc1. The van der Waals surface area contributed by atoms with Crippen LogP contribution in [0.1, 0.15) is 46.0 Å². The molecule has 0 fully saturated rings. The number of carbonyl (C=O) groups is 2. The summed E-state index contributed by atoms with van der Waals surface area (Å²) in [5, 5.41) is 4.49. The highest BCUT2D eigenvalue weighted by atomic mass is 35.5. The predicted octanol–water partition coefficient (Wildman–Crippen LogP) is 5.50. The molecule has 164 valence electrons. The molecular weight excluding hydrogens is 428 g/mol. The molecule has 0 radical (unpaired) electrons. The zero-order valence-electron chi connectivity index (χ0n) is 17.6. The van der Waals surface area contributed by atoms with Crippen LogP contribution in [0.5, 0.6) is 11.5 Å². The van der Waals surface area contributed by atoms with Crippen LogP contribution in [0.15, 0.2) is 77.9 Å². The maximum Gasteiger partial charge on any atom is 0.343 e. The molecule has 0 aliphatic rings. The van der Waals surface area contributed by atoms with Crippen molar-refractivity contribution in [3.8, 4) is 11.5 Å². The Morgan fingerprint density at radius 2 is 1.53 bits per heavy atom. The molecule has 0 saturated carbocycles. The molecule has 0 aliphatic heterocycles. The van der Waals surface area contributed by atoms with Crippen LogP contribution in [-0.2, 0) is 0 Å². The molecule has 3 aromatic rings. The van der Waals surface area contributed by atoms with Crippen LogP contribution in [0.2, 0.25) is 5.02 Å². The summed E-state index contributed by atoms with van der Waals surface area (Å²) in [5.74, 6) is 0.328. The molecule has 1 N–H and O–H groups in total. The Bertz CT molecular complexity index is 1060. The Labute approximate surface area is 191 Å². The number of carbonyl (C=O) groups excluding carboxylic acids is 2. The highest BCUT2D eigenvalue weighted by molar-refractivity contribution is 6.30. The maximum atomic E-state index is 12.3. The Kier molecular flexibility index (Phi) is 8.40. The van der Waals surface area contributed by atoms with Gasteiger partial charge in [-0.15, -0.1) is 0 Å². The Morgan fingerprint density at radius 1 is 0.906 bits per heavy atom. The van der Waals surface area contributed by atoms with E-state index in [9.17, 15) is 9.59 Å². The van der Waals surface area contributed by atoms with Crippen LogP contribution in [0.3, 0.4) is 0 Å². The third-order valence-electron chi connectivity index (χ3n) is 4.43. The monoisotopic (exact) mass is 450 g/mol. The van der Waals surface area contributed by atoms with Crippen molar-refractivity contribution >= 4 is 29.7 Å². The number of amides is 1. The minimum absolute atomic E-state index is 0.342. The van der Waals surface area contributed by atoms with Crippen LogP contribution in [0, 0.1) is 0 Å². The third-order valence-corrected chi connectivity index (χ3v) is 4.69. The molecule has 3 rings (SSSR count). The van der Waals surface area contributed by atoms with Gasteiger partial charge in [0.1, 0.15) is 11.5 Å². The summed E-state index contributed by atoms with van der Waals surface area (Å²) in [6, 6.07) is 20.1. The van der Waals surface area contributed by atoms with E-state index in [2.05, 4.69) is 17.5 Å². The number of nitrogens with zero attached hydrogens (tertiary/aromatic N) is 1. The number of halogens is 1. The van der Waals surface area contributed by atoms with Gasteiger partial charge in [0.2, 0.25) is 0 Å². The zero-order chi connectivity index (χ0) is 22.8. The highest BCUT2D eigenvalue weighted by Gasteiger charge is 2.09. The number of ether oxygens (including phenoxy) is 2. The fourth-order valence-corrected chi connectivity index (χ4v) is 2.77. The van der Waals surface area contributed by atoms with E-state index in [1.165, 1.54) is 6.21 Å². The number of hydrogen-bond donors (Lipinski definition) is 1. The molecule has 0 aromatic heterocycles. The molecule has 6 nitrogen and oxygen atoms in total. The lowest BCUT2D eigenvalue weighted by molar-refractivity contribution is 0.0734. The average molecular weight is 451 g/mol. The van der Waals surface area contributed by atoms with Crippen LogP contribution < -0.4 is 14.9 Å². The molecule has 0 heterocycles. The second kappa shape index (κ2) is 11.7. The Morgan fingerprint density at radius 3 is 2.19 bits per heavy atom. The first kappa shape index (κ1) is 23.0. The molecule has 7 heteroatoms. The number of esters is 1. The Balaban J connectivity index is 1.50. The molecule has 0 unspecified atom stereocenters. The number of hydrazone groups is 1. The standard InChI is InChI=1S/C25H23ClN2O4/c1-2-3-16-31-22-14-8-20(9-15-22)25(30)32-23-12-4-18(5-13-23)17-27-28-24(29)19-6-10-21(26)11-7-19/h4-15,17H,2-3,16H2,1H3,(H,28,29)/b27-17+. The van der Waals surface area contributed by atoms with Gasteiger partial charge in [0, 0.05) is 10.6 Å². The number of unbranched alkanes of at least 4 members (excludes halogenated alkanes) is 1. The fraction of sp³-hybridized carbons (Fsp3) is 0.160. The van der Waals surface area contributed by atoms with Crippen molar-refractivity contribution in [2.24, 2.45) is 5.10 Å². The first-order valence-corrected chi connectivity index (χ1v) is 10.6. The second-order valence-electron chi connectivity index (χ2n) is 6.89. The molecular formula is C25H23ClN2O4. The summed E-state index contributed by atoms with van der Waals surface area (Å²) in [6.07, 6.45) is 3.54. The lowest BCUT2D eigenvalue weighted by Crippen LogP contribution is -2.17. The topological polar surface area (TPSA) is 77.0 Å².